The molecule has 26 heavy (non-hydrogen) atoms. The van der Waals surface area contributed by atoms with Crippen molar-refractivity contribution >= 4 is 37.6 Å². The van der Waals surface area contributed by atoms with Crippen LogP contribution in [0.4, 0.5) is 5.82 Å². The van der Waals surface area contributed by atoms with E-state index in [9.17, 15) is 0 Å². The number of fused-ring (bicyclic) bond motifs is 5. The van der Waals surface area contributed by atoms with E-state index in [0.717, 1.165) is 59.7 Å². The minimum absolute atomic E-state index is 0.296. The first-order valence-corrected chi connectivity index (χ1v) is 10.5. The molecule has 2 aliphatic rings. The molecule has 0 spiro atoms. The predicted octanol–water partition coefficient (Wildman–Crippen LogP) is 4.44. The van der Waals surface area contributed by atoms with Gasteiger partial charge in [-0.15, -0.1) is 11.3 Å². The fraction of sp³-hybridized carbons (Fsp3) is 0.550. The maximum atomic E-state index is 5.73. The first-order valence-electron chi connectivity index (χ1n) is 9.66. The summed E-state index contributed by atoms with van der Waals surface area (Å²) in [6.45, 7) is 6.18. The van der Waals surface area contributed by atoms with Crippen LogP contribution in [0, 0.1) is 0 Å². The average molecular weight is 369 g/mol. The molecule has 0 aromatic carbocycles. The fourth-order valence-corrected chi connectivity index (χ4v) is 5.48. The molecule has 0 radical (unpaired) electrons. The number of thiophene rings is 1. The smallest absolute Gasteiger partial charge is 0.147 e. The molecule has 0 unspecified atom stereocenters. The van der Waals surface area contributed by atoms with Crippen LogP contribution in [-0.4, -0.2) is 34.2 Å². The molecule has 1 fully saturated rings. The number of hydrogen-bond donors (Lipinski definition) is 1. The Balaban J connectivity index is 1.63. The van der Waals surface area contributed by atoms with Gasteiger partial charge < -0.3 is 10.1 Å². The summed E-state index contributed by atoms with van der Waals surface area (Å²) >= 11 is 1.73. The number of anilines is 1. The van der Waals surface area contributed by atoms with E-state index in [4.69, 9.17) is 9.72 Å². The van der Waals surface area contributed by atoms with E-state index in [1.165, 1.54) is 28.6 Å². The van der Waals surface area contributed by atoms with E-state index < -0.39 is 0 Å². The van der Waals surface area contributed by atoms with Gasteiger partial charge in [-0.2, -0.15) is 0 Å². The van der Waals surface area contributed by atoms with Crippen LogP contribution in [0.2, 0.25) is 0 Å². The van der Waals surface area contributed by atoms with Gasteiger partial charge in [-0.3, -0.25) is 0 Å². The topological polar surface area (TPSA) is 59.9 Å². The summed E-state index contributed by atoms with van der Waals surface area (Å²) in [7, 11) is 0. The monoisotopic (exact) mass is 368 g/mol. The lowest BCUT2D eigenvalue weighted by Crippen LogP contribution is -2.18. The highest BCUT2D eigenvalue weighted by Gasteiger charge is 2.25. The van der Waals surface area contributed by atoms with Crippen molar-refractivity contribution in [2.45, 2.75) is 58.0 Å². The molecule has 0 amide bonds. The van der Waals surface area contributed by atoms with Crippen LogP contribution in [0.3, 0.4) is 0 Å². The minimum atomic E-state index is 0.296. The number of aromatic nitrogens is 3. The van der Waals surface area contributed by atoms with E-state index in [1.807, 2.05) is 0 Å². The lowest BCUT2D eigenvalue weighted by molar-refractivity contribution is 0.120. The maximum Gasteiger partial charge on any atom is 0.147 e. The molecule has 1 N–H and O–H groups in total. The molecule has 0 bridgehead atoms. The number of hydrogen-bond acceptors (Lipinski definition) is 6. The quantitative estimate of drug-likeness (QED) is 0.737. The van der Waals surface area contributed by atoms with Crippen molar-refractivity contribution in [1.29, 1.82) is 0 Å². The second-order valence-electron chi connectivity index (χ2n) is 7.66. The molecule has 136 valence electrons. The first-order chi connectivity index (χ1) is 12.7. The van der Waals surface area contributed by atoms with Crippen LogP contribution in [0.5, 0.6) is 0 Å². The van der Waals surface area contributed by atoms with E-state index in [-0.39, 0.29) is 0 Å². The third-order valence-corrected chi connectivity index (χ3v) is 6.65. The Hall–Kier alpha value is -1.79. The summed E-state index contributed by atoms with van der Waals surface area (Å²) in [6.07, 6.45) is 7.78. The number of aryl methyl sites for hydroxylation is 1. The summed E-state index contributed by atoms with van der Waals surface area (Å²) in [4.78, 5) is 15.3. The van der Waals surface area contributed by atoms with Gasteiger partial charge in [0, 0.05) is 24.2 Å². The zero-order valence-electron chi connectivity index (χ0n) is 15.3. The Morgan fingerprint density at radius 1 is 1.23 bits per heavy atom. The summed E-state index contributed by atoms with van der Waals surface area (Å²) in [6, 6.07) is 0. The number of ether oxygens (including phenoxy) is 1. The van der Waals surface area contributed by atoms with Gasteiger partial charge in [0.1, 0.15) is 17.0 Å². The van der Waals surface area contributed by atoms with Crippen molar-refractivity contribution in [1.82, 2.24) is 15.0 Å². The highest BCUT2D eigenvalue weighted by atomic mass is 32.1. The normalized spacial score (nSPS) is 19.7. The van der Waals surface area contributed by atoms with Crippen molar-refractivity contribution in [3.63, 3.8) is 0 Å². The average Bonchev–Trinajstić information content (AvgIpc) is 3.36. The van der Waals surface area contributed by atoms with Gasteiger partial charge in [-0.1, -0.05) is 13.8 Å². The predicted molar refractivity (Wildman–Crippen MR) is 106 cm³/mol. The largest absolute Gasteiger partial charge is 0.376 e. The summed E-state index contributed by atoms with van der Waals surface area (Å²) in [5, 5.41) is 4.77. The van der Waals surface area contributed by atoms with Crippen molar-refractivity contribution in [2.75, 3.05) is 18.5 Å². The van der Waals surface area contributed by atoms with Gasteiger partial charge in [0.15, 0.2) is 0 Å². The second-order valence-corrected chi connectivity index (χ2v) is 8.66. The Bertz CT molecular complexity index is 975. The Labute approximate surface area is 157 Å². The van der Waals surface area contributed by atoms with Crippen LogP contribution in [0.1, 0.15) is 55.8 Å². The number of nitrogens with one attached hydrogen (secondary N) is 1. The third-order valence-electron chi connectivity index (χ3n) is 5.57. The molecule has 1 atom stereocenters. The van der Waals surface area contributed by atoms with Crippen LogP contribution in [0.25, 0.3) is 20.4 Å². The maximum absolute atomic E-state index is 5.73. The summed E-state index contributed by atoms with van der Waals surface area (Å²) in [5.74, 6) is 1.38. The van der Waals surface area contributed by atoms with Crippen molar-refractivity contribution in [3.05, 3.63) is 23.1 Å². The van der Waals surface area contributed by atoms with Gasteiger partial charge in [-0.05, 0) is 49.1 Å². The summed E-state index contributed by atoms with van der Waals surface area (Å²) < 4.78 is 6.86. The van der Waals surface area contributed by atoms with Crippen LogP contribution in [-0.2, 0) is 17.6 Å². The Morgan fingerprint density at radius 2 is 2.12 bits per heavy atom. The van der Waals surface area contributed by atoms with E-state index in [2.05, 4.69) is 29.1 Å². The molecular formula is C20H24N4OS. The zero-order valence-corrected chi connectivity index (χ0v) is 16.2. The lowest BCUT2D eigenvalue weighted by atomic mass is 9.99. The van der Waals surface area contributed by atoms with E-state index in [1.54, 1.807) is 17.7 Å². The van der Waals surface area contributed by atoms with Crippen molar-refractivity contribution in [2.24, 2.45) is 0 Å². The molecular weight excluding hydrogens is 344 g/mol. The molecule has 1 saturated heterocycles. The Kier molecular flexibility index (Phi) is 4.05. The molecule has 6 heteroatoms. The zero-order chi connectivity index (χ0) is 17.7. The van der Waals surface area contributed by atoms with Crippen molar-refractivity contribution < 1.29 is 4.74 Å². The van der Waals surface area contributed by atoms with Crippen molar-refractivity contribution in [3.8, 4) is 0 Å². The number of rotatable bonds is 4. The van der Waals surface area contributed by atoms with Crippen LogP contribution >= 0.6 is 11.3 Å². The molecule has 1 aliphatic carbocycles. The molecule has 3 aromatic rings. The van der Waals surface area contributed by atoms with Crippen LogP contribution < -0.4 is 5.32 Å². The highest BCUT2D eigenvalue weighted by Crippen LogP contribution is 2.42. The molecule has 5 nitrogen and oxygen atoms in total. The molecule has 0 saturated carbocycles. The molecule has 5 rings (SSSR count). The number of nitrogens with zero attached hydrogens (tertiary/aromatic N) is 3. The number of pyridine rings is 1. The van der Waals surface area contributed by atoms with Gasteiger partial charge in [0.05, 0.1) is 16.3 Å². The Morgan fingerprint density at radius 3 is 2.92 bits per heavy atom. The van der Waals surface area contributed by atoms with Gasteiger partial charge in [0.2, 0.25) is 0 Å². The van der Waals surface area contributed by atoms with Gasteiger partial charge in [-0.25, -0.2) is 15.0 Å². The van der Waals surface area contributed by atoms with E-state index in [0.29, 0.717) is 12.0 Å². The highest BCUT2D eigenvalue weighted by molar-refractivity contribution is 7.26. The minimum Gasteiger partial charge on any atom is -0.376 e. The molecule has 1 aliphatic heterocycles. The van der Waals surface area contributed by atoms with E-state index >= 15 is 0 Å². The molecule has 4 heterocycles. The van der Waals surface area contributed by atoms with Gasteiger partial charge >= 0.3 is 0 Å². The molecule has 3 aromatic heterocycles. The summed E-state index contributed by atoms with van der Waals surface area (Å²) in [5.41, 5.74) is 5.29. The fourth-order valence-electron chi connectivity index (χ4n) is 4.35. The second kappa shape index (κ2) is 6.43. The third kappa shape index (κ3) is 2.58. The standard InChI is InChI=1S/C20H24N4OS/c1-11(2)16-14-7-3-6-13(14)15-17-18(26-20(15)24-16)19(23-10-22-17)21-9-12-5-4-8-25-12/h10-12H,3-9H2,1-2H3,(H,21,22,23)/t12-/m0/s1. The lowest BCUT2D eigenvalue weighted by Gasteiger charge is -2.12. The SMILES string of the molecule is CC(C)c1nc2sc3c(NC[C@@H]4CCCO4)ncnc3c2c2c1CCC2. The van der Waals surface area contributed by atoms with Gasteiger partial charge in [0.25, 0.3) is 0 Å². The van der Waals surface area contributed by atoms with Crippen LogP contribution in [0.15, 0.2) is 6.33 Å². The first kappa shape index (κ1) is 16.4.